The third-order valence-electron chi connectivity index (χ3n) is 2.39. The number of terminal acetylenes is 1. The summed E-state index contributed by atoms with van der Waals surface area (Å²) < 4.78 is 0. The molecule has 1 heteroatoms. The van der Waals surface area contributed by atoms with Gasteiger partial charge >= 0.3 is 0 Å². The second-order valence-corrected chi connectivity index (χ2v) is 3.64. The topological polar surface area (TPSA) is 26.0 Å². The molecule has 0 aromatic heterocycles. The van der Waals surface area contributed by atoms with Gasteiger partial charge in [-0.25, -0.2) is 0 Å². The molecule has 0 fully saturated rings. The van der Waals surface area contributed by atoms with Crippen molar-refractivity contribution in [3.05, 3.63) is 40.6 Å². The fourth-order valence-corrected chi connectivity index (χ4v) is 1.43. The first-order valence-electron chi connectivity index (χ1n) is 5.16. The van der Waals surface area contributed by atoms with Gasteiger partial charge in [-0.3, -0.25) is 0 Å². The van der Waals surface area contributed by atoms with Crippen LogP contribution in [0, 0.1) is 19.3 Å². The van der Waals surface area contributed by atoms with Crippen molar-refractivity contribution in [2.45, 2.75) is 26.7 Å². The van der Waals surface area contributed by atoms with Crippen LogP contribution in [0.15, 0.2) is 23.9 Å². The van der Waals surface area contributed by atoms with Crippen LogP contribution >= 0.6 is 0 Å². The predicted octanol–water partition coefficient (Wildman–Crippen LogP) is 2.88. The van der Waals surface area contributed by atoms with Crippen LogP contribution in [0.4, 0.5) is 0 Å². The van der Waals surface area contributed by atoms with E-state index in [-0.39, 0.29) is 0 Å². The van der Waals surface area contributed by atoms with Crippen LogP contribution < -0.4 is 5.73 Å². The minimum absolute atomic E-state index is 0.689. The molecule has 0 aliphatic heterocycles. The zero-order valence-electron chi connectivity index (χ0n) is 9.38. The SMILES string of the molecule is C#CCc1ccc(/C=C(\N)CC)c(C)c1. The Labute approximate surface area is 92.0 Å². The Hall–Kier alpha value is -1.68. The molecular formula is C14H17N. The smallest absolute Gasteiger partial charge is 0.0337 e. The molecule has 1 nitrogen and oxygen atoms in total. The molecule has 2 N–H and O–H groups in total. The largest absolute Gasteiger partial charge is 0.402 e. The molecule has 0 heterocycles. The summed E-state index contributed by atoms with van der Waals surface area (Å²) in [5.41, 5.74) is 10.3. The fourth-order valence-electron chi connectivity index (χ4n) is 1.43. The maximum Gasteiger partial charge on any atom is 0.0337 e. The molecule has 0 aliphatic rings. The number of allylic oxidation sites excluding steroid dienone is 1. The van der Waals surface area contributed by atoms with E-state index in [2.05, 4.69) is 31.0 Å². The highest BCUT2D eigenvalue weighted by Gasteiger charge is 1.97. The Morgan fingerprint density at radius 1 is 1.53 bits per heavy atom. The molecule has 0 saturated heterocycles. The molecule has 15 heavy (non-hydrogen) atoms. The fraction of sp³-hybridized carbons (Fsp3) is 0.286. The second kappa shape index (κ2) is 5.26. The Morgan fingerprint density at radius 2 is 2.27 bits per heavy atom. The van der Waals surface area contributed by atoms with Crippen LogP contribution in [0.1, 0.15) is 30.0 Å². The number of hydrogen-bond acceptors (Lipinski definition) is 1. The molecule has 78 valence electrons. The van der Waals surface area contributed by atoms with Crippen molar-refractivity contribution in [2.75, 3.05) is 0 Å². The van der Waals surface area contributed by atoms with Crippen LogP contribution in [0.5, 0.6) is 0 Å². The van der Waals surface area contributed by atoms with E-state index >= 15 is 0 Å². The standard InChI is InChI=1S/C14H17N/c1-4-6-12-7-8-13(11(3)9-12)10-14(15)5-2/h1,7-10H,5-6,15H2,2-3H3/b14-10-. The van der Waals surface area contributed by atoms with Gasteiger partial charge in [-0.15, -0.1) is 12.3 Å². The van der Waals surface area contributed by atoms with E-state index in [0.717, 1.165) is 12.1 Å². The van der Waals surface area contributed by atoms with Gasteiger partial charge in [-0.05, 0) is 36.1 Å². The lowest BCUT2D eigenvalue weighted by Crippen LogP contribution is -1.95. The first-order valence-corrected chi connectivity index (χ1v) is 5.16. The Bertz CT molecular complexity index is 408. The third kappa shape index (κ3) is 3.18. The minimum atomic E-state index is 0.689. The summed E-state index contributed by atoms with van der Waals surface area (Å²) in [6, 6.07) is 6.25. The molecule has 1 aromatic carbocycles. The average Bonchev–Trinajstić information content (AvgIpc) is 2.22. The molecule has 0 saturated carbocycles. The lowest BCUT2D eigenvalue weighted by molar-refractivity contribution is 1.08. The first kappa shape index (κ1) is 11.4. The number of rotatable bonds is 3. The van der Waals surface area contributed by atoms with Crippen molar-refractivity contribution in [3.63, 3.8) is 0 Å². The van der Waals surface area contributed by atoms with E-state index in [1.807, 2.05) is 13.0 Å². The van der Waals surface area contributed by atoms with Crippen LogP contribution in [0.25, 0.3) is 6.08 Å². The van der Waals surface area contributed by atoms with Crippen molar-refractivity contribution in [2.24, 2.45) is 5.73 Å². The monoisotopic (exact) mass is 199 g/mol. The average molecular weight is 199 g/mol. The van der Waals surface area contributed by atoms with Crippen molar-refractivity contribution in [3.8, 4) is 12.3 Å². The van der Waals surface area contributed by atoms with E-state index in [9.17, 15) is 0 Å². The molecule has 0 aliphatic carbocycles. The Morgan fingerprint density at radius 3 is 2.80 bits per heavy atom. The molecule has 1 aromatic rings. The molecule has 0 atom stereocenters. The minimum Gasteiger partial charge on any atom is -0.402 e. The van der Waals surface area contributed by atoms with E-state index in [1.165, 1.54) is 16.7 Å². The Kier molecular flexibility index (Phi) is 4.00. The highest BCUT2D eigenvalue weighted by molar-refractivity contribution is 5.56. The summed E-state index contributed by atoms with van der Waals surface area (Å²) in [7, 11) is 0. The third-order valence-corrected chi connectivity index (χ3v) is 2.39. The van der Waals surface area contributed by atoms with Crippen LogP contribution in [-0.2, 0) is 6.42 Å². The van der Waals surface area contributed by atoms with E-state index in [1.54, 1.807) is 0 Å². The zero-order valence-corrected chi connectivity index (χ0v) is 9.38. The normalized spacial score (nSPS) is 11.1. The summed E-state index contributed by atoms with van der Waals surface area (Å²) >= 11 is 0. The molecule has 0 spiro atoms. The van der Waals surface area contributed by atoms with Gasteiger partial charge in [0.25, 0.3) is 0 Å². The second-order valence-electron chi connectivity index (χ2n) is 3.64. The van der Waals surface area contributed by atoms with Crippen molar-refractivity contribution < 1.29 is 0 Å². The van der Waals surface area contributed by atoms with Crippen LogP contribution in [-0.4, -0.2) is 0 Å². The molecule has 1 rings (SSSR count). The molecule has 0 bridgehead atoms. The Balaban J connectivity index is 2.99. The lowest BCUT2D eigenvalue weighted by Gasteiger charge is -2.04. The summed E-state index contributed by atoms with van der Waals surface area (Å²) in [5, 5.41) is 0. The van der Waals surface area contributed by atoms with Gasteiger partial charge in [0.1, 0.15) is 0 Å². The summed E-state index contributed by atoms with van der Waals surface area (Å²) in [4.78, 5) is 0. The number of aryl methyl sites for hydroxylation is 1. The van der Waals surface area contributed by atoms with E-state index < -0.39 is 0 Å². The summed E-state index contributed by atoms with van der Waals surface area (Å²) in [6.07, 6.45) is 8.86. The lowest BCUT2D eigenvalue weighted by atomic mass is 10.0. The van der Waals surface area contributed by atoms with E-state index in [4.69, 9.17) is 12.2 Å². The van der Waals surface area contributed by atoms with Gasteiger partial charge in [0.05, 0.1) is 0 Å². The molecule has 0 radical (unpaired) electrons. The number of hydrogen-bond donors (Lipinski definition) is 1. The van der Waals surface area contributed by atoms with Gasteiger partial charge in [0.2, 0.25) is 0 Å². The van der Waals surface area contributed by atoms with Gasteiger partial charge in [-0.2, -0.15) is 0 Å². The van der Waals surface area contributed by atoms with Crippen LogP contribution in [0.2, 0.25) is 0 Å². The maximum absolute atomic E-state index is 5.80. The molecule has 0 unspecified atom stereocenters. The maximum atomic E-state index is 5.80. The first-order chi connectivity index (χ1) is 7.17. The quantitative estimate of drug-likeness (QED) is 0.744. The van der Waals surface area contributed by atoms with Crippen molar-refractivity contribution in [1.29, 1.82) is 0 Å². The summed E-state index contributed by atoms with van der Waals surface area (Å²) in [5.74, 6) is 2.64. The number of benzene rings is 1. The van der Waals surface area contributed by atoms with Crippen molar-refractivity contribution >= 4 is 6.08 Å². The summed E-state index contributed by atoms with van der Waals surface area (Å²) in [6.45, 7) is 4.13. The highest BCUT2D eigenvalue weighted by atomic mass is 14.6. The highest BCUT2D eigenvalue weighted by Crippen LogP contribution is 2.14. The van der Waals surface area contributed by atoms with Gasteiger partial charge in [-0.1, -0.05) is 25.1 Å². The molecular weight excluding hydrogens is 182 g/mol. The van der Waals surface area contributed by atoms with Crippen molar-refractivity contribution in [1.82, 2.24) is 0 Å². The van der Waals surface area contributed by atoms with Crippen LogP contribution in [0.3, 0.4) is 0 Å². The van der Waals surface area contributed by atoms with Gasteiger partial charge < -0.3 is 5.73 Å². The predicted molar refractivity (Wildman–Crippen MR) is 66.2 cm³/mol. The van der Waals surface area contributed by atoms with E-state index in [0.29, 0.717) is 6.42 Å². The number of nitrogens with two attached hydrogens (primary N) is 1. The zero-order chi connectivity index (χ0) is 11.3. The molecule has 0 amide bonds. The van der Waals surface area contributed by atoms with Gasteiger partial charge in [0, 0.05) is 12.1 Å². The van der Waals surface area contributed by atoms with Gasteiger partial charge in [0.15, 0.2) is 0 Å².